The molecule has 0 heterocycles. The van der Waals surface area contributed by atoms with Crippen molar-refractivity contribution in [2.45, 2.75) is 419 Å². The Labute approximate surface area is 588 Å². The number of ether oxygens (including phenoxy) is 4. The van der Waals surface area contributed by atoms with Crippen molar-refractivity contribution in [3.05, 3.63) is 0 Å². The lowest BCUT2D eigenvalue weighted by Gasteiger charge is -2.21. The Balaban J connectivity index is 5.23. The van der Waals surface area contributed by atoms with Crippen LogP contribution in [0.15, 0.2) is 0 Å². The quantitative estimate of drug-likeness (QED) is 0.0222. The average molecular weight is 1410 g/mol. The Morgan fingerprint density at radius 1 is 0.281 bits per heavy atom. The first-order chi connectivity index (χ1) is 46.4. The Morgan fingerprint density at radius 3 is 0.708 bits per heavy atom. The van der Waals surface area contributed by atoms with Gasteiger partial charge in [0.25, 0.3) is 0 Å². The summed E-state index contributed by atoms with van der Waals surface area (Å²) < 4.78 is 68.6. The molecule has 0 saturated heterocycles. The summed E-state index contributed by atoms with van der Waals surface area (Å²) in [5.41, 5.74) is 0. The summed E-state index contributed by atoms with van der Waals surface area (Å²) in [5, 5.41) is 10.6. The van der Waals surface area contributed by atoms with E-state index in [0.29, 0.717) is 31.6 Å². The second-order valence-corrected chi connectivity index (χ2v) is 31.6. The van der Waals surface area contributed by atoms with Crippen LogP contribution in [-0.2, 0) is 65.4 Å². The van der Waals surface area contributed by atoms with Crippen molar-refractivity contribution in [2.24, 2.45) is 11.8 Å². The summed E-state index contributed by atoms with van der Waals surface area (Å²) >= 11 is 0. The standard InChI is InChI=1S/C77H150O17P2/c1-7-9-11-13-15-17-19-21-23-24-29-32-36-40-47-53-59-74(79)87-65-72(93-76(81)62-56-50-42-38-34-30-26-25-27-31-35-39-45-51-57-69(3)4)67-91-95(83,84)89-63-71(78)64-90-96(85,86)92-68-73(66-88-75(80)60-54-48-44-43-46-52-58-70(5)6)94-77(82)61-55-49-41-37-33-28-22-20-18-16-14-12-10-8-2/h69-73,78H,7-68H2,1-6H3,(H,83,84)(H,85,86)/t71-,72-,73-/m1/s1. The maximum atomic E-state index is 13.1. The van der Waals surface area contributed by atoms with E-state index in [1.54, 1.807) is 0 Å². The normalized spacial score (nSPS) is 14.0. The molecule has 19 heteroatoms. The minimum Gasteiger partial charge on any atom is -0.462 e. The van der Waals surface area contributed by atoms with Crippen LogP contribution >= 0.6 is 15.6 Å². The van der Waals surface area contributed by atoms with Gasteiger partial charge >= 0.3 is 39.5 Å². The molecular weight excluding hydrogens is 1260 g/mol. The summed E-state index contributed by atoms with van der Waals surface area (Å²) in [6.45, 7) is 9.55. The van der Waals surface area contributed by atoms with Gasteiger partial charge in [0.2, 0.25) is 0 Å². The molecular formula is C77H150O17P2. The zero-order valence-electron chi connectivity index (χ0n) is 62.7. The maximum absolute atomic E-state index is 13.1. The first-order valence-electron chi connectivity index (χ1n) is 40.0. The van der Waals surface area contributed by atoms with Gasteiger partial charge in [0.05, 0.1) is 26.4 Å². The lowest BCUT2D eigenvalue weighted by atomic mass is 10.0. The third kappa shape index (κ3) is 70.5. The molecule has 0 aliphatic rings. The molecule has 2 unspecified atom stereocenters. The third-order valence-corrected chi connectivity index (χ3v) is 19.9. The van der Waals surface area contributed by atoms with E-state index in [4.69, 9.17) is 37.0 Å². The van der Waals surface area contributed by atoms with Gasteiger partial charge < -0.3 is 33.8 Å². The molecule has 0 rings (SSSR count). The number of rotatable bonds is 76. The smallest absolute Gasteiger partial charge is 0.462 e. The van der Waals surface area contributed by atoms with E-state index in [0.717, 1.165) is 102 Å². The number of phosphoric acid groups is 2. The van der Waals surface area contributed by atoms with Crippen molar-refractivity contribution in [2.75, 3.05) is 39.6 Å². The Bertz CT molecular complexity index is 1860. The summed E-state index contributed by atoms with van der Waals surface area (Å²) in [5.74, 6) is -0.639. The Morgan fingerprint density at radius 2 is 0.479 bits per heavy atom. The number of hydrogen-bond acceptors (Lipinski definition) is 15. The number of esters is 4. The number of hydrogen-bond donors (Lipinski definition) is 3. The summed E-state index contributed by atoms with van der Waals surface area (Å²) in [7, 11) is -9.91. The summed E-state index contributed by atoms with van der Waals surface area (Å²) in [6, 6.07) is 0. The van der Waals surface area contributed by atoms with Crippen LogP contribution in [0.2, 0.25) is 0 Å². The van der Waals surface area contributed by atoms with Crippen LogP contribution in [0.25, 0.3) is 0 Å². The number of phosphoric ester groups is 2. The fraction of sp³-hybridized carbons (Fsp3) is 0.948. The molecule has 0 amide bonds. The maximum Gasteiger partial charge on any atom is 0.472 e. The van der Waals surface area contributed by atoms with E-state index >= 15 is 0 Å². The highest BCUT2D eigenvalue weighted by molar-refractivity contribution is 7.47. The van der Waals surface area contributed by atoms with Gasteiger partial charge in [0.1, 0.15) is 19.3 Å². The second kappa shape index (κ2) is 68.8. The van der Waals surface area contributed by atoms with E-state index in [-0.39, 0.29) is 25.7 Å². The molecule has 5 atom stereocenters. The minimum absolute atomic E-state index is 0.107. The highest BCUT2D eigenvalue weighted by atomic mass is 31.2. The number of aliphatic hydroxyl groups is 1. The van der Waals surface area contributed by atoms with E-state index in [1.165, 1.54) is 212 Å². The lowest BCUT2D eigenvalue weighted by Crippen LogP contribution is -2.30. The molecule has 17 nitrogen and oxygen atoms in total. The first-order valence-corrected chi connectivity index (χ1v) is 43.0. The molecule has 0 fully saturated rings. The summed E-state index contributed by atoms with van der Waals surface area (Å²) in [6.07, 6.45) is 56.9. The van der Waals surface area contributed by atoms with E-state index in [1.807, 2.05) is 0 Å². The number of carbonyl (C=O) groups excluding carboxylic acids is 4. The topological polar surface area (TPSA) is 237 Å². The molecule has 0 aliphatic carbocycles. The van der Waals surface area contributed by atoms with Gasteiger partial charge in [-0.3, -0.25) is 37.3 Å². The molecule has 0 spiro atoms. The van der Waals surface area contributed by atoms with Crippen molar-refractivity contribution in [1.82, 2.24) is 0 Å². The van der Waals surface area contributed by atoms with E-state index < -0.39 is 97.5 Å². The van der Waals surface area contributed by atoms with Crippen molar-refractivity contribution < 1.29 is 80.2 Å². The molecule has 0 radical (unpaired) electrons. The van der Waals surface area contributed by atoms with E-state index in [9.17, 15) is 43.2 Å². The highest BCUT2D eigenvalue weighted by Gasteiger charge is 2.30. The first kappa shape index (κ1) is 94.1. The molecule has 0 aromatic carbocycles. The van der Waals surface area contributed by atoms with Gasteiger partial charge in [-0.2, -0.15) is 0 Å². The van der Waals surface area contributed by atoms with Gasteiger partial charge in [0.15, 0.2) is 12.2 Å². The van der Waals surface area contributed by atoms with Crippen LogP contribution in [0.5, 0.6) is 0 Å². The number of carbonyl (C=O) groups is 4. The second-order valence-electron chi connectivity index (χ2n) is 28.7. The molecule has 570 valence electrons. The minimum atomic E-state index is -4.96. The monoisotopic (exact) mass is 1410 g/mol. The molecule has 0 bridgehead atoms. The Kier molecular flexibility index (Phi) is 67.4. The van der Waals surface area contributed by atoms with Crippen molar-refractivity contribution in [1.29, 1.82) is 0 Å². The van der Waals surface area contributed by atoms with Crippen LogP contribution in [-0.4, -0.2) is 96.7 Å². The van der Waals surface area contributed by atoms with Gasteiger partial charge in [-0.15, -0.1) is 0 Å². The van der Waals surface area contributed by atoms with Gasteiger partial charge in [-0.25, -0.2) is 9.13 Å². The molecule has 0 saturated carbocycles. The summed E-state index contributed by atoms with van der Waals surface area (Å²) in [4.78, 5) is 72.8. The van der Waals surface area contributed by atoms with Crippen LogP contribution in [0.3, 0.4) is 0 Å². The zero-order valence-corrected chi connectivity index (χ0v) is 64.5. The zero-order chi connectivity index (χ0) is 70.7. The number of aliphatic hydroxyl groups excluding tert-OH is 1. The van der Waals surface area contributed by atoms with Crippen molar-refractivity contribution in [3.8, 4) is 0 Å². The highest BCUT2D eigenvalue weighted by Crippen LogP contribution is 2.45. The molecule has 96 heavy (non-hydrogen) atoms. The van der Waals surface area contributed by atoms with Crippen LogP contribution in [0.1, 0.15) is 401 Å². The average Bonchev–Trinajstić information content (AvgIpc) is 1.33. The molecule has 0 aromatic rings. The lowest BCUT2D eigenvalue weighted by molar-refractivity contribution is -0.161. The van der Waals surface area contributed by atoms with Crippen LogP contribution in [0, 0.1) is 11.8 Å². The van der Waals surface area contributed by atoms with Crippen molar-refractivity contribution >= 4 is 39.5 Å². The predicted octanol–water partition coefficient (Wildman–Crippen LogP) is 22.7. The fourth-order valence-corrected chi connectivity index (χ4v) is 13.4. The largest absolute Gasteiger partial charge is 0.472 e. The predicted molar refractivity (Wildman–Crippen MR) is 391 cm³/mol. The van der Waals surface area contributed by atoms with Crippen LogP contribution in [0.4, 0.5) is 0 Å². The SMILES string of the molecule is CCCCCCCCCCCCCCCCCCC(=O)OC[C@H](COP(=O)(O)OC[C@@H](O)COP(=O)(O)OC[C@@H](COC(=O)CCCCCCCCC(C)C)OC(=O)CCCCCCCCCCCCCCCC)OC(=O)CCCCCCCCCCCCCCCCC(C)C. The molecule has 3 N–H and O–H groups in total. The third-order valence-electron chi connectivity index (χ3n) is 18.0. The van der Waals surface area contributed by atoms with Gasteiger partial charge in [-0.05, 0) is 37.5 Å². The Hall–Kier alpha value is -1.94. The van der Waals surface area contributed by atoms with Gasteiger partial charge in [-0.1, -0.05) is 350 Å². The number of unbranched alkanes of at least 4 members (excludes halogenated alkanes) is 46. The molecule has 0 aromatic heterocycles. The molecule has 0 aliphatic heterocycles. The van der Waals surface area contributed by atoms with Crippen LogP contribution < -0.4 is 0 Å². The van der Waals surface area contributed by atoms with Gasteiger partial charge in [0, 0.05) is 25.7 Å². The van der Waals surface area contributed by atoms with E-state index in [2.05, 4.69) is 41.5 Å². The fourth-order valence-electron chi connectivity index (χ4n) is 11.8. The van der Waals surface area contributed by atoms with Crippen molar-refractivity contribution in [3.63, 3.8) is 0 Å².